The fourth-order valence-corrected chi connectivity index (χ4v) is 1.23. The Morgan fingerprint density at radius 3 is 2.75 bits per heavy atom. The third kappa shape index (κ3) is 2.49. The Morgan fingerprint density at radius 2 is 2.25 bits per heavy atom. The number of halogens is 1. The quantitative estimate of drug-likeness (QED) is 0.806. The number of aromatic hydroxyl groups is 1. The van der Waals surface area contributed by atoms with Crippen molar-refractivity contribution in [1.29, 1.82) is 0 Å². The minimum absolute atomic E-state index is 0.0733. The van der Waals surface area contributed by atoms with Crippen LogP contribution < -0.4 is 5.73 Å². The first-order chi connectivity index (χ1) is 7.47. The maximum absolute atomic E-state index is 12.7. The zero-order valence-electron chi connectivity index (χ0n) is 9.27. The first kappa shape index (κ1) is 12.4. The Kier molecular flexibility index (Phi) is 3.84. The lowest BCUT2D eigenvalue weighted by Gasteiger charge is -2.23. The number of amides is 1. The van der Waals surface area contributed by atoms with Crippen LogP contribution in [0.15, 0.2) is 18.2 Å². The number of nitrogens with zero attached hydrogens (tertiary/aromatic N) is 1. The number of carbonyl (C=O) groups excluding carboxylic acids is 1. The third-order valence-corrected chi connectivity index (χ3v) is 2.51. The van der Waals surface area contributed by atoms with E-state index in [0.29, 0.717) is 6.54 Å². The van der Waals surface area contributed by atoms with Gasteiger partial charge in [0.2, 0.25) is 0 Å². The number of likely N-dealkylation sites (N-methyl/N-ethyl adjacent to an activating group) is 1. The van der Waals surface area contributed by atoms with E-state index in [2.05, 4.69) is 0 Å². The molecule has 1 amide bonds. The van der Waals surface area contributed by atoms with Gasteiger partial charge in [-0.3, -0.25) is 4.79 Å². The maximum Gasteiger partial charge on any atom is 0.257 e. The summed E-state index contributed by atoms with van der Waals surface area (Å²) in [5, 5.41) is 9.45. The van der Waals surface area contributed by atoms with Crippen LogP contribution in [0.5, 0.6) is 5.75 Å². The zero-order valence-corrected chi connectivity index (χ0v) is 9.27. The van der Waals surface area contributed by atoms with Gasteiger partial charge in [0.05, 0.1) is 5.56 Å². The van der Waals surface area contributed by atoms with Crippen LogP contribution in [0.25, 0.3) is 0 Å². The van der Waals surface area contributed by atoms with E-state index in [1.165, 1.54) is 11.0 Å². The van der Waals surface area contributed by atoms with Crippen molar-refractivity contribution in [3.8, 4) is 5.75 Å². The van der Waals surface area contributed by atoms with Gasteiger partial charge < -0.3 is 15.7 Å². The highest BCUT2D eigenvalue weighted by molar-refractivity contribution is 5.96. The van der Waals surface area contributed by atoms with Gasteiger partial charge in [-0.1, -0.05) is 0 Å². The van der Waals surface area contributed by atoms with Crippen LogP contribution in [-0.2, 0) is 0 Å². The van der Waals surface area contributed by atoms with Crippen LogP contribution in [-0.4, -0.2) is 35.5 Å². The molecule has 0 aliphatic rings. The van der Waals surface area contributed by atoms with Gasteiger partial charge in [-0.2, -0.15) is 0 Å². The van der Waals surface area contributed by atoms with Crippen molar-refractivity contribution in [2.45, 2.75) is 13.0 Å². The van der Waals surface area contributed by atoms with Crippen molar-refractivity contribution in [2.75, 3.05) is 13.6 Å². The molecule has 0 aliphatic heterocycles. The normalized spacial score (nSPS) is 12.2. The number of phenolic OH excluding ortho intramolecular Hbond substituents is 1. The van der Waals surface area contributed by atoms with Crippen LogP contribution >= 0.6 is 0 Å². The molecule has 0 aromatic heterocycles. The van der Waals surface area contributed by atoms with Crippen molar-refractivity contribution < 1.29 is 14.3 Å². The fraction of sp³-hybridized carbons (Fsp3) is 0.364. The largest absolute Gasteiger partial charge is 0.507 e. The lowest BCUT2D eigenvalue weighted by Crippen LogP contribution is -2.39. The maximum atomic E-state index is 12.7. The molecule has 4 nitrogen and oxygen atoms in total. The molecule has 16 heavy (non-hydrogen) atoms. The van der Waals surface area contributed by atoms with E-state index in [1.54, 1.807) is 14.0 Å². The molecule has 0 saturated carbocycles. The van der Waals surface area contributed by atoms with Crippen LogP contribution in [0.2, 0.25) is 0 Å². The molecule has 0 heterocycles. The van der Waals surface area contributed by atoms with Crippen molar-refractivity contribution in [3.05, 3.63) is 29.6 Å². The molecule has 88 valence electrons. The third-order valence-electron chi connectivity index (χ3n) is 2.51. The zero-order chi connectivity index (χ0) is 12.3. The average Bonchev–Trinajstić information content (AvgIpc) is 2.26. The fourth-order valence-electron chi connectivity index (χ4n) is 1.23. The van der Waals surface area contributed by atoms with Crippen molar-refractivity contribution >= 4 is 5.91 Å². The average molecular weight is 226 g/mol. The molecular formula is C11H15FN2O2. The van der Waals surface area contributed by atoms with E-state index < -0.39 is 5.82 Å². The Morgan fingerprint density at radius 1 is 1.62 bits per heavy atom. The second-order valence-electron chi connectivity index (χ2n) is 3.66. The molecule has 3 N–H and O–H groups in total. The smallest absolute Gasteiger partial charge is 0.257 e. The Balaban J connectivity index is 2.96. The molecule has 0 spiro atoms. The monoisotopic (exact) mass is 226 g/mol. The van der Waals surface area contributed by atoms with Gasteiger partial charge in [0, 0.05) is 25.7 Å². The molecule has 1 aromatic rings. The van der Waals surface area contributed by atoms with Gasteiger partial charge in [-0.05, 0) is 19.1 Å². The minimum atomic E-state index is -0.580. The van der Waals surface area contributed by atoms with Crippen molar-refractivity contribution in [3.63, 3.8) is 0 Å². The summed E-state index contributed by atoms with van der Waals surface area (Å²) in [4.78, 5) is 13.3. The molecule has 0 aliphatic carbocycles. The van der Waals surface area contributed by atoms with Crippen LogP contribution in [0.4, 0.5) is 4.39 Å². The summed E-state index contributed by atoms with van der Waals surface area (Å²) < 4.78 is 12.7. The number of benzene rings is 1. The van der Waals surface area contributed by atoms with Crippen LogP contribution in [0.3, 0.4) is 0 Å². The molecule has 5 heteroatoms. The Hall–Kier alpha value is -1.62. The molecule has 0 saturated heterocycles. The number of carbonyl (C=O) groups is 1. The van der Waals surface area contributed by atoms with Crippen molar-refractivity contribution in [2.24, 2.45) is 5.73 Å². The molecule has 1 aromatic carbocycles. The highest BCUT2D eigenvalue weighted by atomic mass is 19.1. The first-order valence-corrected chi connectivity index (χ1v) is 4.93. The van der Waals surface area contributed by atoms with Gasteiger partial charge in [-0.25, -0.2) is 4.39 Å². The number of hydrogen-bond donors (Lipinski definition) is 2. The first-order valence-electron chi connectivity index (χ1n) is 4.93. The van der Waals surface area contributed by atoms with Crippen LogP contribution in [0.1, 0.15) is 17.3 Å². The minimum Gasteiger partial charge on any atom is -0.507 e. The van der Waals surface area contributed by atoms with E-state index >= 15 is 0 Å². The van der Waals surface area contributed by atoms with E-state index in [-0.39, 0.29) is 23.3 Å². The summed E-state index contributed by atoms with van der Waals surface area (Å²) >= 11 is 0. The predicted octanol–water partition coefficient (Wildman–Crippen LogP) is 0.950. The standard InChI is InChI=1S/C11H15FN2O2/c1-7(6-13)14(2)11(16)9-4-3-8(12)5-10(9)15/h3-5,7,15H,6,13H2,1-2H3. The van der Waals surface area contributed by atoms with Crippen LogP contribution in [0, 0.1) is 5.82 Å². The Bertz CT molecular complexity index is 396. The number of rotatable bonds is 3. The predicted molar refractivity (Wildman–Crippen MR) is 58.7 cm³/mol. The molecule has 0 radical (unpaired) electrons. The second-order valence-corrected chi connectivity index (χ2v) is 3.66. The molecule has 0 fully saturated rings. The number of hydrogen-bond acceptors (Lipinski definition) is 3. The lowest BCUT2D eigenvalue weighted by atomic mass is 10.1. The van der Waals surface area contributed by atoms with Gasteiger partial charge in [0.1, 0.15) is 11.6 Å². The molecule has 1 rings (SSSR count). The van der Waals surface area contributed by atoms with Gasteiger partial charge in [-0.15, -0.1) is 0 Å². The topological polar surface area (TPSA) is 66.6 Å². The Labute approximate surface area is 93.5 Å². The van der Waals surface area contributed by atoms with E-state index in [1.807, 2.05) is 0 Å². The van der Waals surface area contributed by atoms with Gasteiger partial charge >= 0.3 is 0 Å². The van der Waals surface area contributed by atoms with Gasteiger partial charge in [0.15, 0.2) is 0 Å². The summed E-state index contributed by atoms with van der Waals surface area (Å²) in [6, 6.07) is 3.16. The lowest BCUT2D eigenvalue weighted by molar-refractivity contribution is 0.0745. The second kappa shape index (κ2) is 4.94. The van der Waals surface area contributed by atoms with E-state index in [4.69, 9.17) is 5.73 Å². The molecular weight excluding hydrogens is 211 g/mol. The molecule has 1 atom stereocenters. The SMILES string of the molecule is CC(CN)N(C)C(=O)c1ccc(F)cc1O. The summed E-state index contributed by atoms with van der Waals surface area (Å²) in [7, 11) is 1.59. The van der Waals surface area contributed by atoms with E-state index in [0.717, 1.165) is 12.1 Å². The van der Waals surface area contributed by atoms with Gasteiger partial charge in [0.25, 0.3) is 5.91 Å². The molecule has 0 bridgehead atoms. The van der Waals surface area contributed by atoms with E-state index in [9.17, 15) is 14.3 Å². The summed E-state index contributed by atoms with van der Waals surface area (Å²) in [6.45, 7) is 2.11. The summed E-state index contributed by atoms with van der Waals surface area (Å²) in [6.07, 6.45) is 0. The summed E-state index contributed by atoms with van der Waals surface area (Å²) in [5.74, 6) is -1.32. The highest BCUT2D eigenvalue weighted by Crippen LogP contribution is 2.20. The number of phenols is 1. The summed E-state index contributed by atoms with van der Waals surface area (Å²) in [5.41, 5.74) is 5.51. The number of nitrogens with two attached hydrogens (primary N) is 1. The molecule has 1 unspecified atom stereocenters. The highest BCUT2D eigenvalue weighted by Gasteiger charge is 2.19. The van der Waals surface area contributed by atoms with Crippen molar-refractivity contribution in [1.82, 2.24) is 4.90 Å².